The molecule has 2 N–H and O–H groups in total. The van der Waals surface area contributed by atoms with Crippen LogP contribution in [0, 0.1) is 6.92 Å². The molecule has 1 atom stereocenters. The van der Waals surface area contributed by atoms with Crippen LogP contribution in [0.5, 0.6) is 0 Å². The second kappa shape index (κ2) is 5.89. The monoisotopic (exact) mass is 297 g/mol. The summed E-state index contributed by atoms with van der Waals surface area (Å²) in [6, 6.07) is 6.75. The van der Waals surface area contributed by atoms with Crippen LogP contribution in [0.3, 0.4) is 0 Å². The van der Waals surface area contributed by atoms with Crippen LogP contribution in [-0.4, -0.2) is 9.78 Å². The van der Waals surface area contributed by atoms with Crippen LogP contribution in [0.4, 0.5) is 13.2 Å². The Morgan fingerprint density at radius 2 is 1.86 bits per heavy atom. The fraction of sp³-hybridized carbons (Fsp3) is 0.400. The van der Waals surface area contributed by atoms with Gasteiger partial charge in [0.1, 0.15) is 0 Å². The van der Waals surface area contributed by atoms with Crippen molar-refractivity contribution in [1.29, 1.82) is 0 Å². The Morgan fingerprint density at radius 1 is 1.24 bits per heavy atom. The van der Waals surface area contributed by atoms with Crippen molar-refractivity contribution >= 4 is 0 Å². The molecule has 2 rings (SSSR count). The van der Waals surface area contributed by atoms with Crippen molar-refractivity contribution in [2.24, 2.45) is 5.73 Å². The smallest absolute Gasteiger partial charge is 0.322 e. The lowest BCUT2D eigenvalue weighted by Gasteiger charge is -2.14. The molecule has 0 bridgehead atoms. The Balaban J connectivity index is 2.14. The number of hydrogen-bond donors (Lipinski definition) is 1. The number of hydrogen-bond acceptors (Lipinski definition) is 2. The molecule has 6 heteroatoms. The number of halogens is 3. The predicted octanol–water partition coefficient (Wildman–Crippen LogP) is 3.47. The maximum absolute atomic E-state index is 12.5. The van der Waals surface area contributed by atoms with Crippen molar-refractivity contribution in [1.82, 2.24) is 9.78 Å². The normalized spacial score (nSPS) is 13.4. The van der Waals surface area contributed by atoms with Crippen LogP contribution in [0.25, 0.3) is 0 Å². The van der Waals surface area contributed by atoms with Crippen molar-refractivity contribution in [3.8, 4) is 0 Å². The molecule has 0 saturated heterocycles. The topological polar surface area (TPSA) is 43.8 Å². The minimum absolute atomic E-state index is 0.289. The van der Waals surface area contributed by atoms with Crippen LogP contribution in [0.1, 0.15) is 35.5 Å². The summed E-state index contributed by atoms with van der Waals surface area (Å²) in [5.41, 5.74) is 8.07. The van der Waals surface area contributed by atoms with Gasteiger partial charge in [0.15, 0.2) is 0 Å². The summed E-state index contributed by atoms with van der Waals surface area (Å²) < 4.78 is 39.4. The van der Waals surface area contributed by atoms with E-state index in [9.17, 15) is 13.2 Å². The maximum atomic E-state index is 12.5. The first-order valence-corrected chi connectivity index (χ1v) is 6.77. The van der Waals surface area contributed by atoms with Crippen LogP contribution in [-0.2, 0) is 19.1 Å². The summed E-state index contributed by atoms with van der Waals surface area (Å²) >= 11 is 0. The van der Waals surface area contributed by atoms with Crippen molar-refractivity contribution in [3.63, 3.8) is 0 Å². The van der Waals surface area contributed by atoms with Crippen molar-refractivity contribution in [3.05, 3.63) is 52.8 Å². The minimum atomic E-state index is -4.31. The van der Waals surface area contributed by atoms with Gasteiger partial charge < -0.3 is 5.73 Å². The molecule has 1 aromatic carbocycles. The first-order chi connectivity index (χ1) is 9.81. The van der Waals surface area contributed by atoms with E-state index in [0.717, 1.165) is 29.1 Å². The second-order valence-electron chi connectivity index (χ2n) is 5.03. The molecule has 0 saturated carbocycles. The van der Waals surface area contributed by atoms with Gasteiger partial charge in [0.05, 0.1) is 23.0 Å². The van der Waals surface area contributed by atoms with E-state index in [1.807, 2.05) is 24.6 Å². The van der Waals surface area contributed by atoms with E-state index in [4.69, 9.17) is 5.73 Å². The fourth-order valence-corrected chi connectivity index (χ4v) is 2.31. The predicted molar refractivity (Wildman–Crippen MR) is 74.7 cm³/mol. The van der Waals surface area contributed by atoms with E-state index in [2.05, 4.69) is 5.10 Å². The average Bonchev–Trinajstić information content (AvgIpc) is 2.79. The van der Waals surface area contributed by atoms with Crippen LogP contribution < -0.4 is 5.73 Å². The SMILES string of the molecule is CCn1nc(C)cc1C(N)Cc1ccc(C(F)(F)F)cc1. The van der Waals surface area contributed by atoms with Gasteiger partial charge in [0.2, 0.25) is 0 Å². The van der Waals surface area contributed by atoms with E-state index in [1.54, 1.807) is 0 Å². The van der Waals surface area contributed by atoms with Gasteiger partial charge in [-0.2, -0.15) is 18.3 Å². The number of alkyl halides is 3. The molecule has 0 aliphatic heterocycles. The molecule has 21 heavy (non-hydrogen) atoms. The van der Waals surface area contributed by atoms with Gasteiger partial charge in [-0.05, 0) is 44.0 Å². The Kier molecular flexibility index (Phi) is 4.37. The molecule has 1 heterocycles. The summed E-state index contributed by atoms with van der Waals surface area (Å²) in [7, 11) is 0. The quantitative estimate of drug-likeness (QED) is 0.939. The summed E-state index contributed by atoms with van der Waals surface area (Å²) in [5, 5.41) is 4.33. The molecular formula is C15H18F3N3. The van der Waals surface area contributed by atoms with Gasteiger partial charge >= 0.3 is 6.18 Å². The van der Waals surface area contributed by atoms with Gasteiger partial charge in [-0.15, -0.1) is 0 Å². The average molecular weight is 297 g/mol. The molecular weight excluding hydrogens is 279 g/mol. The van der Waals surface area contributed by atoms with Crippen molar-refractivity contribution in [2.45, 2.75) is 39.0 Å². The molecule has 1 unspecified atom stereocenters. The standard InChI is InChI=1S/C15H18F3N3/c1-3-21-14(8-10(2)20-21)13(19)9-11-4-6-12(7-5-11)15(16,17)18/h4-8,13H,3,9,19H2,1-2H3. The highest BCUT2D eigenvalue weighted by atomic mass is 19.4. The van der Waals surface area contributed by atoms with Crippen LogP contribution >= 0.6 is 0 Å². The largest absolute Gasteiger partial charge is 0.416 e. The van der Waals surface area contributed by atoms with Crippen LogP contribution in [0.2, 0.25) is 0 Å². The third kappa shape index (κ3) is 3.64. The minimum Gasteiger partial charge on any atom is -0.322 e. The Bertz CT molecular complexity index is 600. The van der Waals surface area contributed by atoms with E-state index in [-0.39, 0.29) is 6.04 Å². The zero-order valence-corrected chi connectivity index (χ0v) is 12.0. The highest BCUT2D eigenvalue weighted by Gasteiger charge is 2.30. The summed E-state index contributed by atoms with van der Waals surface area (Å²) in [6.07, 6.45) is -3.83. The third-order valence-electron chi connectivity index (χ3n) is 3.35. The Labute approximate surface area is 121 Å². The van der Waals surface area contributed by atoms with E-state index >= 15 is 0 Å². The van der Waals surface area contributed by atoms with Crippen LogP contribution in [0.15, 0.2) is 30.3 Å². The summed E-state index contributed by atoms with van der Waals surface area (Å²) in [5.74, 6) is 0. The number of rotatable bonds is 4. The van der Waals surface area contributed by atoms with Gasteiger partial charge in [-0.3, -0.25) is 4.68 Å². The van der Waals surface area contributed by atoms with Gasteiger partial charge in [0.25, 0.3) is 0 Å². The van der Waals surface area contributed by atoms with Gasteiger partial charge in [0, 0.05) is 6.54 Å². The van der Waals surface area contributed by atoms with E-state index in [0.29, 0.717) is 13.0 Å². The molecule has 114 valence electrons. The molecule has 0 aliphatic carbocycles. The number of aryl methyl sites for hydroxylation is 2. The molecule has 0 aliphatic rings. The molecule has 3 nitrogen and oxygen atoms in total. The number of benzene rings is 1. The van der Waals surface area contributed by atoms with E-state index in [1.165, 1.54) is 12.1 Å². The first-order valence-electron chi connectivity index (χ1n) is 6.77. The highest BCUT2D eigenvalue weighted by Crippen LogP contribution is 2.29. The van der Waals surface area contributed by atoms with Crippen molar-refractivity contribution < 1.29 is 13.2 Å². The summed E-state index contributed by atoms with van der Waals surface area (Å²) in [4.78, 5) is 0. The second-order valence-corrected chi connectivity index (χ2v) is 5.03. The first kappa shape index (κ1) is 15.6. The fourth-order valence-electron chi connectivity index (χ4n) is 2.31. The number of aromatic nitrogens is 2. The zero-order valence-electron chi connectivity index (χ0n) is 12.0. The van der Waals surface area contributed by atoms with Gasteiger partial charge in [-0.1, -0.05) is 12.1 Å². The molecule has 0 fully saturated rings. The Hall–Kier alpha value is -1.82. The lowest BCUT2D eigenvalue weighted by atomic mass is 10.0. The van der Waals surface area contributed by atoms with Crippen molar-refractivity contribution in [2.75, 3.05) is 0 Å². The van der Waals surface area contributed by atoms with E-state index < -0.39 is 11.7 Å². The summed E-state index contributed by atoms with van der Waals surface area (Å²) in [6.45, 7) is 4.57. The van der Waals surface area contributed by atoms with Gasteiger partial charge in [-0.25, -0.2) is 0 Å². The molecule has 0 spiro atoms. The highest BCUT2D eigenvalue weighted by molar-refractivity contribution is 5.26. The molecule has 0 amide bonds. The molecule has 0 radical (unpaired) electrons. The molecule has 2 aromatic rings. The third-order valence-corrected chi connectivity index (χ3v) is 3.35. The lowest BCUT2D eigenvalue weighted by molar-refractivity contribution is -0.137. The maximum Gasteiger partial charge on any atom is 0.416 e. The Morgan fingerprint density at radius 3 is 2.38 bits per heavy atom. The lowest BCUT2D eigenvalue weighted by Crippen LogP contribution is -2.18. The number of nitrogens with two attached hydrogens (primary N) is 1. The number of nitrogens with zero attached hydrogens (tertiary/aromatic N) is 2. The molecule has 1 aromatic heterocycles. The zero-order chi connectivity index (χ0) is 15.6.